The SMILES string of the molecule is CCCCNCCCNCCCCNCCCNCCCC.[2H]B=S=PC. The number of unbranched alkanes of at least 4 members (excludes halogenated alkanes) is 3. The van der Waals surface area contributed by atoms with Crippen LogP contribution >= 0.6 is 7.36 Å². The van der Waals surface area contributed by atoms with Crippen molar-refractivity contribution in [1.29, 1.82) is 1.34 Å². The van der Waals surface area contributed by atoms with E-state index in [1.165, 1.54) is 88.9 Å². The number of hydrogen-bond donors (Lipinski definition) is 4. The molecule has 0 atom stereocenters. The first kappa shape index (κ1) is 26.4. The van der Waals surface area contributed by atoms with Crippen LogP contribution in [0.4, 0.5) is 0 Å². The second kappa shape index (κ2) is 30.2. The van der Waals surface area contributed by atoms with Crippen LogP contribution in [0.15, 0.2) is 0 Å². The van der Waals surface area contributed by atoms with E-state index in [2.05, 4.69) is 35.1 Å². The first-order valence-corrected chi connectivity index (χ1v) is 13.4. The van der Waals surface area contributed by atoms with Crippen molar-refractivity contribution >= 4 is 24.4 Å². The molecule has 0 radical (unpaired) electrons. The Hall–Kier alpha value is 0.425. The monoisotopic (exact) mass is 405 g/mol. The predicted molar refractivity (Wildman–Crippen MR) is 127 cm³/mol. The van der Waals surface area contributed by atoms with Gasteiger partial charge in [0, 0.05) is 0 Å². The predicted octanol–water partition coefficient (Wildman–Crippen LogP) is 2.88. The van der Waals surface area contributed by atoms with Crippen LogP contribution in [0.2, 0.25) is 0 Å². The van der Waals surface area contributed by atoms with Gasteiger partial charge in [-0.25, -0.2) is 0 Å². The normalized spacial score (nSPS) is 10.8. The number of hydrogen-bond acceptors (Lipinski definition) is 4. The van der Waals surface area contributed by atoms with E-state index < -0.39 is 0 Å². The molecule has 0 amide bonds. The average molecular weight is 405 g/mol. The van der Waals surface area contributed by atoms with Crippen molar-refractivity contribution in [1.82, 2.24) is 21.3 Å². The van der Waals surface area contributed by atoms with Gasteiger partial charge in [0.05, 0.1) is 0 Å². The maximum atomic E-state index is 6.43. The average Bonchev–Trinajstić information content (AvgIpc) is 2.68. The van der Waals surface area contributed by atoms with Crippen molar-refractivity contribution in [3.05, 3.63) is 0 Å². The molecule has 0 spiro atoms. The topological polar surface area (TPSA) is 48.1 Å². The third-order valence-electron chi connectivity index (χ3n) is 3.89. The summed E-state index contributed by atoms with van der Waals surface area (Å²) in [6.45, 7) is 17.1. The zero-order valence-corrected chi connectivity index (χ0v) is 19.5. The van der Waals surface area contributed by atoms with Gasteiger partial charge in [0.2, 0.25) is 0 Å². The van der Waals surface area contributed by atoms with Gasteiger partial charge in [-0.15, -0.1) is 0 Å². The molecule has 0 heterocycles. The van der Waals surface area contributed by atoms with Crippen LogP contribution in [0.1, 0.15) is 65.2 Å². The molecule has 0 saturated carbocycles. The summed E-state index contributed by atoms with van der Waals surface area (Å²) in [6, 6.07) is 0. The fourth-order valence-electron chi connectivity index (χ4n) is 2.28. The molecule has 156 valence electrons. The maximum absolute atomic E-state index is 6.43. The first-order chi connectivity index (χ1) is 13.3. The molecule has 0 aliphatic carbocycles. The fraction of sp³-hybridized carbons (Fsp3) is 1.00. The van der Waals surface area contributed by atoms with Gasteiger partial charge in [0.1, 0.15) is 0 Å². The molecular formula is C19H46BN4PS. The Bertz CT molecular complexity index is 296. The molecular weight excluding hydrogens is 358 g/mol. The molecule has 0 fully saturated rings. The summed E-state index contributed by atoms with van der Waals surface area (Å²) in [5, 5.41) is 14.0. The molecule has 0 aromatic heterocycles. The molecule has 4 N–H and O–H groups in total. The van der Waals surface area contributed by atoms with E-state index in [0.29, 0.717) is 0 Å². The van der Waals surface area contributed by atoms with E-state index in [1.807, 2.05) is 6.66 Å². The number of nitrogens with one attached hydrogen (secondary N) is 4. The van der Waals surface area contributed by atoms with E-state index in [9.17, 15) is 0 Å². The van der Waals surface area contributed by atoms with Gasteiger partial charge in [0.15, 0.2) is 0 Å². The van der Waals surface area contributed by atoms with Gasteiger partial charge in [-0.1, -0.05) is 26.7 Å². The van der Waals surface area contributed by atoms with E-state index in [1.54, 1.807) is 0 Å². The van der Waals surface area contributed by atoms with Crippen LogP contribution in [-0.2, 0) is 10.4 Å². The van der Waals surface area contributed by atoms with E-state index in [4.69, 9.17) is 1.34 Å². The summed E-state index contributed by atoms with van der Waals surface area (Å²) in [7, 11) is 2.68. The Balaban J connectivity index is 0. The van der Waals surface area contributed by atoms with Gasteiger partial charge >= 0.3 is 32.4 Å². The van der Waals surface area contributed by atoms with Crippen molar-refractivity contribution in [3.63, 3.8) is 0 Å². The fourth-order valence-corrected chi connectivity index (χ4v) is 2.28. The molecule has 0 aromatic rings. The van der Waals surface area contributed by atoms with Crippen LogP contribution in [0.3, 0.4) is 0 Å². The minimum absolute atomic E-state index is 1.15. The molecule has 0 saturated heterocycles. The summed E-state index contributed by atoms with van der Waals surface area (Å²) in [5.74, 6) is 0. The van der Waals surface area contributed by atoms with Gasteiger partial charge in [0.25, 0.3) is 0 Å². The van der Waals surface area contributed by atoms with Crippen molar-refractivity contribution in [2.75, 3.05) is 59.0 Å². The van der Waals surface area contributed by atoms with Gasteiger partial charge < -0.3 is 21.3 Å². The van der Waals surface area contributed by atoms with Crippen molar-refractivity contribution in [2.45, 2.75) is 65.2 Å². The Kier molecular flexibility index (Phi) is 30.7. The van der Waals surface area contributed by atoms with Crippen molar-refractivity contribution in [3.8, 4) is 0 Å². The summed E-state index contributed by atoms with van der Waals surface area (Å²) in [5.41, 5.74) is 0. The molecule has 0 aliphatic heterocycles. The van der Waals surface area contributed by atoms with Crippen molar-refractivity contribution in [2.24, 2.45) is 0 Å². The molecule has 4 nitrogen and oxygen atoms in total. The van der Waals surface area contributed by atoms with E-state index in [-0.39, 0.29) is 0 Å². The van der Waals surface area contributed by atoms with E-state index >= 15 is 0 Å². The van der Waals surface area contributed by atoms with Crippen LogP contribution in [0.5, 0.6) is 0 Å². The third kappa shape index (κ3) is 32.1. The second-order valence-corrected chi connectivity index (χ2v) is 8.71. The zero-order chi connectivity index (χ0) is 20.3. The quantitative estimate of drug-likeness (QED) is 0.152. The van der Waals surface area contributed by atoms with Crippen LogP contribution in [-0.4, -0.2) is 67.0 Å². The second-order valence-electron chi connectivity index (χ2n) is 6.41. The third-order valence-corrected chi connectivity index (χ3v) is 4.73. The van der Waals surface area contributed by atoms with Crippen LogP contribution in [0.25, 0.3) is 0 Å². The summed E-state index contributed by atoms with van der Waals surface area (Å²) >= 11 is 0. The van der Waals surface area contributed by atoms with Gasteiger partial charge in [-0.05, 0) is 90.9 Å². The Morgan fingerprint density at radius 1 is 0.654 bits per heavy atom. The molecule has 0 unspecified atom stereocenters. The van der Waals surface area contributed by atoms with Gasteiger partial charge in [-0.2, -0.15) is 0 Å². The zero-order valence-electron chi connectivity index (χ0n) is 18.7. The first-order valence-electron chi connectivity index (χ1n) is 11.2. The molecule has 26 heavy (non-hydrogen) atoms. The molecule has 7 heteroatoms. The molecule has 0 bridgehead atoms. The molecule has 0 rings (SSSR count). The number of rotatable bonds is 19. The standard InChI is InChI=1S/C18H42N4.CH4BPS/c1-3-5-11-19-15-9-17-21-13-7-8-14-22-18-10-16-20-12-6-4-2;1-3-4-2/h19-22H,3-18H2,1-2H3;2H,1H3/i;2D. The van der Waals surface area contributed by atoms with E-state index in [0.717, 1.165) is 39.3 Å². The Morgan fingerprint density at radius 3 is 1.27 bits per heavy atom. The van der Waals surface area contributed by atoms with Crippen molar-refractivity contribution < 1.29 is 0 Å². The summed E-state index contributed by atoms with van der Waals surface area (Å²) in [6.07, 6.45) is 10.2. The van der Waals surface area contributed by atoms with Crippen LogP contribution < -0.4 is 21.3 Å². The Morgan fingerprint density at radius 2 is 1.00 bits per heavy atom. The summed E-state index contributed by atoms with van der Waals surface area (Å²) < 4.78 is 6.43. The minimum atomic E-state index is 1.15. The molecule has 0 aliphatic rings. The summed E-state index contributed by atoms with van der Waals surface area (Å²) in [4.78, 5) is 0. The van der Waals surface area contributed by atoms with Gasteiger partial charge in [-0.3, -0.25) is 0 Å². The molecule has 0 aromatic carbocycles. The Labute approximate surface area is 171 Å². The van der Waals surface area contributed by atoms with Crippen LogP contribution in [0, 0.1) is 0 Å².